The van der Waals surface area contributed by atoms with Crippen molar-refractivity contribution in [3.63, 3.8) is 0 Å². The molecule has 128 valence electrons. The Morgan fingerprint density at radius 3 is 2.85 bits per heavy atom. The maximum atomic E-state index is 12.0. The summed E-state index contributed by atoms with van der Waals surface area (Å²) < 4.78 is 5.27. The molecule has 6 nitrogen and oxygen atoms in total. The molecule has 7 heteroatoms. The van der Waals surface area contributed by atoms with E-state index >= 15 is 0 Å². The van der Waals surface area contributed by atoms with Gasteiger partial charge in [-0.2, -0.15) is 5.10 Å². The zero-order chi connectivity index (χ0) is 18.1. The number of rotatable bonds is 3. The Balaban J connectivity index is 1.57. The molecule has 0 saturated carbocycles. The predicted octanol–water partition coefficient (Wildman–Crippen LogP) is 3.42. The number of anilines is 1. The van der Waals surface area contributed by atoms with Crippen LogP contribution in [0.1, 0.15) is 11.1 Å². The zero-order valence-corrected chi connectivity index (χ0v) is 14.2. The Bertz CT molecular complexity index is 1150. The van der Waals surface area contributed by atoms with E-state index < -0.39 is 5.63 Å². The van der Waals surface area contributed by atoms with E-state index in [4.69, 9.17) is 16.0 Å². The van der Waals surface area contributed by atoms with Crippen LogP contribution in [0.5, 0.6) is 0 Å². The monoisotopic (exact) mass is 365 g/mol. The summed E-state index contributed by atoms with van der Waals surface area (Å²) >= 11 is 5.91. The molecule has 2 heterocycles. The van der Waals surface area contributed by atoms with Gasteiger partial charge in [-0.25, -0.2) is 4.79 Å². The topological polar surface area (TPSA) is 84.0 Å². The number of nitrogens with zero attached hydrogens (tertiary/aromatic N) is 2. The highest BCUT2D eigenvalue weighted by Gasteiger charge is 2.26. The predicted molar refractivity (Wildman–Crippen MR) is 101 cm³/mol. The molecule has 0 aliphatic carbocycles. The number of hydrogen-bond donors (Lipinski definition) is 1. The minimum atomic E-state index is -0.415. The van der Waals surface area contributed by atoms with Crippen LogP contribution in [0, 0.1) is 0 Å². The Morgan fingerprint density at radius 2 is 1.96 bits per heavy atom. The lowest BCUT2D eigenvalue weighted by Gasteiger charge is -1.98. The van der Waals surface area contributed by atoms with Crippen molar-refractivity contribution < 1.29 is 9.21 Å². The highest BCUT2D eigenvalue weighted by atomic mass is 35.5. The molecule has 1 aliphatic heterocycles. The van der Waals surface area contributed by atoms with Crippen molar-refractivity contribution >= 4 is 46.1 Å². The molecule has 4 rings (SSSR count). The molecule has 1 N–H and O–H groups in total. The van der Waals surface area contributed by atoms with Gasteiger partial charge in [-0.1, -0.05) is 29.8 Å². The first kappa shape index (κ1) is 16.2. The van der Waals surface area contributed by atoms with Crippen LogP contribution in [0.25, 0.3) is 11.0 Å². The average Bonchev–Trinajstić information content (AvgIpc) is 2.93. The number of carbonyl (C=O) groups is 1. The van der Waals surface area contributed by atoms with Gasteiger partial charge in [-0.3, -0.25) is 4.79 Å². The fourth-order valence-corrected chi connectivity index (χ4v) is 2.89. The number of benzene rings is 2. The minimum Gasteiger partial charge on any atom is -0.423 e. The second kappa shape index (κ2) is 6.57. The van der Waals surface area contributed by atoms with Gasteiger partial charge in [0.2, 0.25) is 0 Å². The molecule has 1 amide bonds. The fourth-order valence-electron chi connectivity index (χ4n) is 2.71. The molecule has 0 fully saturated rings. The molecule has 0 radical (unpaired) electrons. The second-order valence-corrected chi connectivity index (χ2v) is 6.13. The number of halogens is 1. The number of amides is 1. The van der Waals surface area contributed by atoms with Gasteiger partial charge in [0.25, 0.3) is 5.91 Å². The lowest BCUT2D eigenvalue weighted by molar-refractivity contribution is -0.110. The van der Waals surface area contributed by atoms with E-state index in [1.54, 1.807) is 36.4 Å². The van der Waals surface area contributed by atoms with Gasteiger partial charge in [0.1, 0.15) is 5.58 Å². The van der Waals surface area contributed by atoms with Crippen LogP contribution < -0.4 is 10.9 Å². The maximum Gasteiger partial charge on any atom is 0.339 e. The summed E-state index contributed by atoms with van der Waals surface area (Å²) in [6, 6.07) is 14.1. The zero-order valence-electron chi connectivity index (χ0n) is 13.4. The molecule has 2 aromatic carbocycles. The van der Waals surface area contributed by atoms with Gasteiger partial charge in [0.15, 0.2) is 5.71 Å². The first-order chi connectivity index (χ1) is 12.6. The van der Waals surface area contributed by atoms with Crippen molar-refractivity contribution in [3.8, 4) is 0 Å². The molecule has 0 saturated heterocycles. The number of carbonyl (C=O) groups excluding carboxylic acids is 1. The molecule has 3 aromatic rings. The Morgan fingerprint density at radius 1 is 1.12 bits per heavy atom. The van der Waals surface area contributed by atoms with E-state index in [0.717, 1.165) is 5.39 Å². The third-order valence-corrected chi connectivity index (χ3v) is 4.20. The number of nitrogens with one attached hydrogen (secondary N) is 1. The number of hydrogen-bond acceptors (Lipinski definition) is 5. The Kier molecular flexibility index (Phi) is 4.10. The summed E-state index contributed by atoms with van der Waals surface area (Å²) in [5.41, 5.74) is 2.04. The van der Waals surface area contributed by atoms with Crippen molar-refractivity contribution in [3.05, 3.63) is 75.1 Å². The van der Waals surface area contributed by atoms with E-state index in [-0.39, 0.29) is 18.0 Å². The van der Waals surface area contributed by atoms with Gasteiger partial charge in [0, 0.05) is 34.2 Å². The van der Waals surface area contributed by atoms with Crippen molar-refractivity contribution in [1.29, 1.82) is 0 Å². The summed E-state index contributed by atoms with van der Waals surface area (Å²) in [6.45, 7) is 0. The van der Waals surface area contributed by atoms with E-state index in [2.05, 4.69) is 15.5 Å². The van der Waals surface area contributed by atoms with Gasteiger partial charge in [-0.15, -0.1) is 5.10 Å². The molecule has 26 heavy (non-hydrogen) atoms. The summed E-state index contributed by atoms with van der Waals surface area (Å²) in [5, 5.41) is 12.0. The second-order valence-electron chi connectivity index (χ2n) is 5.69. The average molecular weight is 366 g/mol. The Hall–Kier alpha value is -3.25. The van der Waals surface area contributed by atoms with Crippen LogP contribution in [0.2, 0.25) is 5.02 Å². The quantitative estimate of drug-likeness (QED) is 0.438. The molecule has 1 aromatic heterocycles. The molecular formula is C19H12ClN3O3. The van der Waals surface area contributed by atoms with Crippen LogP contribution in [0.3, 0.4) is 0 Å². The van der Waals surface area contributed by atoms with Crippen molar-refractivity contribution in [2.75, 3.05) is 5.32 Å². The summed E-state index contributed by atoms with van der Waals surface area (Å²) in [6.07, 6.45) is 1.72. The lowest BCUT2D eigenvalue weighted by Crippen LogP contribution is -2.13. The van der Waals surface area contributed by atoms with Crippen LogP contribution >= 0.6 is 11.6 Å². The van der Waals surface area contributed by atoms with E-state index in [1.807, 2.05) is 12.1 Å². The molecular weight excluding hydrogens is 354 g/mol. The van der Waals surface area contributed by atoms with Crippen molar-refractivity contribution in [2.45, 2.75) is 6.42 Å². The molecule has 1 aliphatic rings. The third kappa shape index (κ3) is 3.02. The third-order valence-electron chi connectivity index (χ3n) is 3.96. The number of para-hydroxylation sites is 1. The highest BCUT2D eigenvalue weighted by Crippen LogP contribution is 2.26. The van der Waals surface area contributed by atoms with E-state index in [1.165, 1.54) is 6.21 Å². The van der Waals surface area contributed by atoms with Crippen LogP contribution in [-0.4, -0.2) is 17.8 Å². The summed E-state index contributed by atoms with van der Waals surface area (Å²) in [7, 11) is 0. The Labute approximate surface area is 152 Å². The minimum absolute atomic E-state index is 0.207. The van der Waals surface area contributed by atoms with Crippen molar-refractivity contribution in [1.82, 2.24) is 0 Å². The van der Waals surface area contributed by atoms with Crippen molar-refractivity contribution in [2.24, 2.45) is 10.2 Å². The van der Waals surface area contributed by atoms with Gasteiger partial charge in [-0.05, 0) is 30.3 Å². The standard InChI is InChI=1S/C19H12ClN3O3/c20-13-5-6-14-15(10-13)22-18(24)17(14)23-21-8-7-12-9-11-3-1-2-4-16(11)26-19(12)25/h1-6,8-10H,7H2,(H,22,23,24)/b21-8+. The maximum absolute atomic E-state index is 12.0. The fraction of sp³-hybridized carbons (Fsp3) is 0.0526. The van der Waals surface area contributed by atoms with Crippen LogP contribution in [0.15, 0.2) is 67.9 Å². The number of fused-ring (bicyclic) bond motifs is 2. The summed E-state index contributed by atoms with van der Waals surface area (Å²) in [5.74, 6) is -0.343. The van der Waals surface area contributed by atoms with Crippen LogP contribution in [-0.2, 0) is 11.2 Å². The molecule has 0 spiro atoms. The molecule has 0 atom stereocenters. The van der Waals surface area contributed by atoms with Crippen LogP contribution in [0.4, 0.5) is 5.69 Å². The largest absolute Gasteiger partial charge is 0.423 e. The normalized spacial score (nSPS) is 15.0. The lowest BCUT2D eigenvalue weighted by atomic mass is 10.1. The van der Waals surface area contributed by atoms with Gasteiger partial charge >= 0.3 is 5.63 Å². The van der Waals surface area contributed by atoms with E-state index in [0.29, 0.717) is 27.4 Å². The smallest absolute Gasteiger partial charge is 0.339 e. The molecule has 0 unspecified atom stereocenters. The first-order valence-electron chi connectivity index (χ1n) is 7.84. The van der Waals surface area contributed by atoms with E-state index in [9.17, 15) is 9.59 Å². The molecule has 0 bridgehead atoms. The van der Waals surface area contributed by atoms with Gasteiger partial charge < -0.3 is 9.73 Å². The first-order valence-corrected chi connectivity index (χ1v) is 8.22. The summed E-state index contributed by atoms with van der Waals surface area (Å²) in [4.78, 5) is 24.0. The SMILES string of the molecule is O=C1Nc2cc(Cl)ccc2C1=N/N=C/Cc1cc2ccccc2oc1=O. The van der Waals surface area contributed by atoms with Gasteiger partial charge in [0.05, 0.1) is 5.69 Å². The highest BCUT2D eigenvalue weighted by molar-refractivity contribution is 6.54.